The molecule has 0 aliphatic heterocycles. The summed E-state index contributed by atoms with van der Waals surface area (Å²) in [5.74, 6) is 2.32. The third-order valence-corrected chi connectivity index (χ3v) is 2.72. The lowest BCUT2D eigenvalue weighted by Crippen LogP contribution is -2.08. The van der Waals surface area contributed by atoms with Crippen molar-refractivity contribution in [1.29, 1.82) is 0 Å². The maximum atomic E-state index is 5.70. The minimum absolute atomic E-state index is 0.142. The molecule has 2 rings (SSSR count). The fourth-order valence-corrected chi connectivity index (χ4v) is 1.68. The molecule has 0 saturated carbocycles. The van der Waals surface area contributed by atoms with Gasteiger partial charge in [0, 0.05) is 24.7 Å². The van der Waals surface area contributed by atoms with Crippen molar-refractivity contribution in [2.75, 3.05) is 19.0 Å². The summed E-state index contributed by atoms with van der Waals surface area (Å²) < 4.78 is 5.17. The van der Waals surface area contributed by atoms with Crippen LogP contribution in [0.25, 0.3) is 0 Å². The summed E-state index contributed by atoms with van der Waals surface area (Å²) in [5, 5.41) is 10.3. The number of nitrogens with zero attached hydrogens (tertiary/aromatic N) is 2. The maximum Gasteiger partial charge on any atom is 0.167 e. The second-order valence-electron chi connectivity index (χ2n) is 4.34. The number of aromatic amines is 1. The second kappa shape index (κ2) is 6.19. The Labute approximate surface area is 112 Å². The zero-order chi connectivity index (χ0) is 13.7. The third kappa shape index (κ3) is 3.69. The van der Waals surface area contributed by atoms with Crippen LogP contribution in [0.3, 0.4) is 0 Å². The molecule has 0 fully saturated rings. The van der Waals surface area contributed by atoms with E-state index < -0.39 is 0 Å². The van der Waals surface area contributed by atoms with Gasteiger partial charge in [-0.2, -0.15) is 5.10 Å². The van der Waals surface area contributed by atoms with Gasteiger partial charge in [-0.05, 0) is 19.1 Å². The smallest absolute Gasteiger partial charge is 0.167 e. The first-order valence-corrected chi connectivity index (χ1v) is 6.23. The summed E-state index contributed by atoms with van der Waals surface area (Å²) in [6.07, 6.45) is 0.761. The van der Waals surface area contributed by atoms with E-state index in [4.69, 9.17) is 10.5 Å². The molecule has 0 aliphatic carbocycles. The van der Waals surface area contributed by atoms with Gasteiger partial charge >= 0.3 is 0 Å². The topological polar surface area (TPSA) is 88.8 Å². The molecule has 0 saturated heterocycles. The number of hydrogen-bond donors (Lipinski definition) is 3. The lowest BCUT2D eigenvalue weighted by atomic mass is 10.3. The first-order chi connectivity index (χ1) is 9.19. The van der Waals surface area contributed by atoms with E-state index in [-0.39, 0.29) is 6.04 Å². The van der Waals surface area contributed by atoms with E-state index in [1.165, 1.54) is 0 Å². The average molecular weight is 261 g/mol. The molecule has 0 bridgehead atoms. The Morgan fingerprint density at radius 1 is 1.47 bits per heavy atom. The van der Waals surface area contributed by atoms with E-state index in [1.807, 2.05) is 31.2 Å². The zero-order valence-corrected chi connectivity index (χ0v) is 11.2. The number of methoxy groups -OCH3 is 1. The van der Waals surface area contributed by atoms with Crippen LogP contribution in [0.2, 0.25) is 0 Å². The maximum absolute atomic E-state index is 5.70. The first-order valence-electron chi connectivity index (χ1n) is 6.23. The molecule has 102 valence electrons. The Balaban J connectivity index is 1.85. The van der Waals surface area contributed by atoms with Crippen LogP contribution in [0.4, 0.5) is 5.69 Å². The van der Waals surface area contributed by atoms with Crippen LogP contribution in [0.1, 0.15) is 24.6 Å². The summed E-state index contributed by atoms with van der Waals surface area (Å²) in [6.45, 7) is 2.63. The Bertz CT molecular complexity index is 523. The van der Waals surface area contributed by atoms with Crippen LogP contribution in [0.15, 0.2) is 24.3 Å². The summed E-state index contributed by atoms with van der Waals surface area (Å²) in [7, 11) is 1.66. The van der Waals surface area contributed by atoms with Gasteiger partial charge in [0.1, 0.15) is 11.6 Å². The highest BCUT2D eigenvalue weighted by molar-refractivity contribution is 5.48. The highest BCUT2D eigenvalue weighted by Gasteiger charge is 2.06. The fourth-order valence-electron chi connectivity index (χ4n) is 1.68. The molecule has 1 aromatic carbocycles. The van der Waals surface area contributed by atoms with Gasteiger partial charge < -0.3 is 15.8 Å². The summed E-state index contributed by atoms with van der Waals surface area (Å²) in [5.41, 5.74) is 6.72. The molecule has 2 aromatic rings. The Hall–Kier alpha value is -2.08. The molecule has 1 atom stereocenters. The quantitative estimate of drug-likeness (QED) is 0.733. The molecule has 0 amide bonds. The van der Waals surface area contributed by atoms with Gasteiger partial charge in [-0.25, -0.2) is 4.98 Å². The molecule has 1 aromatic heterocycles. The highest BCUT2D eigenvalue weighted by Crippen LogP contribution is 2.16. The largest absolute Gasteiger partial charge is 0.497 e. The first kappa shape index (κ1) is 13.4. The number of anilines is 1. The number of aromatic nitrogens is 3. The Morgan fingerprint density at radius 3 is 3.00 bits per heavy atom. The number of nitrogens with two attached hydrogens (primary N) is 1. The molecule has 19 heavy (non-hydrogen) atoms. The second-order valence-corrected chi connectivity index (χ2v) is 4.34. The van der Waals surface area contributed by atoms with Crippen LogP contribution in [0.5, 0.6) is 5.75 Å². The van der Waals surface area contributed by atoms with Crippen molar-refractivity contribution >= 4 is 5.69 Å². The van der Waals surface area contributed by atoms with Crippen molar-refractivity contribution in [2.45, 2.75) is 19.4 Å². The van der Waals surface area contributed by atoms with Gasteiger partial charge in [-0.3, -0.25) is 5.10 Å². The standard InChI is InChI=1S/C13H19N5O/c1-9(14)13-16-12(17-18-13)6-7-15-10-4-3-5-11(8-10)19-2/h3-5,8-9,15H,6-7,14H2,1-2H3,(H,16,17,18). The van der Waals surface area contributed by atoms with E-state index in [0.29, 0.717) is 5.82 Å². The molecule has 0 spiro atoms. The predicted octanol–water partition coefficient (Wildman–Crippen LogP) is 1.49. The molecule has 0 radical (unpaired) electrons. The van der Waals surface area contributed by atoms with Gasteiger partial charge in [0.05, 0.1) is 13.2 Å². The highest BCUT2D eigenvalue weighted by atomic mass is 16.5. The number of rotatable bonds is 6. The molecule has 1 heterocycles. The minimum Gasteiger partial charge on any atom is -0.497 e. The van der Waals surface area contributed by atoms with Crippen LogP contribution in [0, 0.1) is 0 Å². The number of nitrogens with one attached hydrogen (secondary N) is 2. The number of benzene rings is 1. The molecule has 6 nitrogen and oxygen atoms in total. The van der Waals surface area contributed by atoms with Gasteiger partial charge in [0.25, 0.3) is 0 Å². The van der Waals surface area contributed by atoms with Crippen molar-refractivity contribution in [3.8, 4) is 5.75 Å². The van der Waals surface area contributed by atoms with Crippen LogP contribution < -0.4 is 15.8 Å². The van der Waals surface area contributed by atoms with E-state index in [2.05, 4.69) is 20.5 Å². The fraction of sp³-hybridized carbons (Fsp3) is 0.385. The lowest BCUT2D eigenvalue weighted by Gasteiger charge is -2.06. The van der Waals surface area contributed by atoms with Gasteiger partial charge in [0.15, 0.2) is 5.82 Å². The number of hydrogen-bond acceptors (Lipinski definition) is 5. The lowest BCUT2D eigenvalue weighted by molar-refractivity contribution is 0.415. The van der Waals surface area contributed by atoms with Gasteiger partial charge in [-0.15, -0.1) is 0 Å². The van der Waals surface area contributed by atoms with Crippen molar-refractivity contribution < 1.29 is 4.74 Å². The van der Waals surface area contributed by atoms with Crippen LogP contribution in [-0.4, -0.2) is 28.8 Å². The minimum atomic E-state index is -0.142. The number of H-pyrrole nitrogens is 1. The SMILES string of the molecule is COc1cccc(NCCc2nc(C(C)N)n[nH]2)c1. The molecule has 1 unspecified atom stereocenters. The van der Waals surface area contributed by atoms with E-state index >= 15 is 0 Å². The van der Waals surface area contributed by atoms with Crippen molar-refractivity contribution in [1.82, 2.24) is 15.2 Å². The number of ether oxygens (including phenoxy) is 1. The Kier molecular flexibility index (Phi) is 4.35. The van der Waals surface area contributed by atoms with Crippen molar-refractivity contribution in [3.05, 3.63) is 35.9 Å². The van der Waals surface area contributed by atoms with E-state index in [0.717, 1.165) is 30.2 Å². The normalized spacial score (nSPS) is 12.2. The molecular weight excluding hydrogens is 242 g/mol. The van der Waals surface area contributed by atoms with Gasteiger partial charge in [0.2, 0.25) is 0 Å². The van der Waals surface area contributed by atoms with Crippen LogP contribution in [-0.2, 0) is 6.42 Å². The Morgan fingerprint density at radius 2 is 2.32 bits per heavy atom. The summed E-state index contributed by atoms with van der Waals surface area (Å²) in [4.78, 5) is 4.32. The molecule has 0 aliphatic rings. The van der Waals surface area contributed by atoms with E-state index in [9.17, 15) is 0 Å². The molecular formula is C13H19N5O. The summed E-state index contributed by atoms with van der Waals surface area (Å²) >= 11 is 0. The van der Waals surface area contributed by atoms with E-state index in [1.54, 1.807) is 7.11 Å². The van der Waals surface area contributed by atoms with Crippen LogP contribution >= 0.6 is 0 Å². The zero-order valence-electron chi connectivity index (χ0n) is 11.2. The van der Waals surface area contributed by atoms with Gasteiger partial charge in [-0.1, -0.05) is 6.07 Å². The van der Waals surface area contributed by atoms with Crippen molar-refractivity contribution in [3.63, 3.8) is 0 Å². The molecule has 4 N–H and O–H groups in total. The predicted molar refractivity (Wildman–Crippen MR) is 74.2 cm³/mol. The summed E-state index contributed by atoms with van der Waals surface area (Å²) in [6, 6.07) is 7.67. The molecule has 6 heteroatoms. The third-order valence-electron chi connectivity index (χ3n) is 2.72. The van der Waals surface area contributed by atoms with Crippen molar-refractivity contribution in [2.24, 2.45) is 5.73 Å². The average Bonchev–Trinajstić information content (AvgIpc) is 2.88. The monoisotopic (exact) mass is 261 g/mol.